The van der Waals surface area contributed by atoms with Gasteiger partial charge in [-0.2, -0.15) is 0 Å². The molecule has 0 saturated heterocycles. The predicted molar refractivity (Wildman–Crippen MR) is 51.3 cm³/mol. The summed E-state index contributed by atoms with van der Waals surface area (Å²) in [5, 5.41) is 0. The van der Waals surface area contributed by atoms with Crippen molar-refractivity contribution >= 4 is 0 Å². The minimum atomic E-state index is 0. The second kappa shape index (κ2) is 454. The van der Waals surface area contributed by atoms with E-state index in [0.29, 0.717) is 0 Å². The molecule has 0 bridgehead atoms. The van der Waals surface area contributed by atoms with E-state index in [9.17, 15) is 0 Å². The number of hydrogen-bond donors (Lipinski definition) is 0. The van der Waals surface area contributed by atoms with Crippen molar-refractivity contribution in [3.63, 3.8) is 0 Å². The van der Waals surface area contributed by atoms with Crippen LogP contribution in [-0.4, -0.2) is 0 Å². The molecule has 0 heterocycles. The van der Waals surface area contributed by atoms with Crippen molar-refractivity contribution in [3.05, 3.63) is 59.4 Å². The van der Waals surface area contributed by atoms with E-state index in [0.717, 1.165) is 0 Å². The first-order valence-electron chi connectivity index (χ1n) is 0. The van der Waals surface area contributed by atoms with Gasteiger partial charge in [0.15, 0.2) is 0 Å². The Morgan fingerprint density at radius 1 is 0.200 bits per heavy atom. The third-order valence-corrected chi connectivity index (χ3v) is 0. The largest absolute Gasteiger partial charge is 4.00 e. The van der Waals surface area contributed by atoms with Gasteiger partial charge in [0, 0.05) is 0 Å². The molecule has 10 heavy (non-hydrogen) atoms. The van der Waals surface area contributed by atoms with Gasteiger partial charge in [0.25, 0.3) is 0 Å². The van der Waals surface area contributed by atoms with Gasteiger partial charge < -0.3 is 59.4 Å². The average molecular weight is 216 g/mol. The number of hydrogen-bond acceptors (Lipinski definition) is 0. The van der Waals surface area contributed by atoms with Gasteiger partial charge in [-0.25, -0.2) is 0 Å². The maximum absolute atomic E-state index is 0. The Morgan fingerprint density at radius 3 is 0.200 bits per heavy atom. The second-order valence-corrected chi connectivity index (χ2v) is 0. The Kier molecular flexibility index (Phi) is 27700. The van der Waals surface area contributed by atoms with Crippen LogP contribution in [0.2, 0.25) is 0 Å². The summed E-state index contributed by atoms with van der Waals surface area (Å²) in [6, 6.07) is 0. The zero-order valence-electron chi connectivity index (χ0n) is 9.00. The molecule has 0 amide bonds. The minimum absolute atomic E-state index is 0. The van der Waals surface area contributed by atoms with Gasteiger partial charge in [-0.1, -0.05) is 0 Å². The zero-order valence-corrected chi connectivity index (χ0v) is 12.1. The molecule has 0 N–H and O–H groups in total. The van der Waals surface area contributed by atoms with Crippen LogP contribution in [0.1, 0.15) is 0 Å². The van der Waals surface area contributed by atoms with Gasteiger partial charge in [-0.05, 0) is 0 Å². The molecular weight excluding hydrogens is 192 g/mol. The van der Waals surface area contributed by atoms with Crippen molar-refractivity contribution in [1.82, 2.24) is 0 Å². The summed E-state index contributed by atoms with van der Waals surface area (Å²) in [5.41, 5.74) is 0. The molecule has 0 aliphatic rings. The molecule has 0 atom stereocenters. The maximum atomic E-state index is 0. The Hall–Kier alpha value is 1.43. The molecule has 2 heteroatoms. The predicted octanol–water partition coefficient (Wildman–Crippen LogP) is 3.60. The first-order chi connectivity index (χ1) is 0. The van der Waals surface area contributed by atoms with Gasteiger partial charge in [0.2, 0.25) is 0 Å². The summed E-state index contributed by atoms with van der Waals surface area (Å²) in [7, 11) is 0. The van der Waals surface area contributed by atoms with Crippen molar-refractivity contribution in [3.8, 4) is 0 Å². The molecule has 0 saturated carbocycles. The smallest absolute Gasteiger partial charge is 0.358 e. The molecule has 0 nitrogen and oxygen atoms in total. The van der Waals surface area contributed by atoms with Crippen LogP contribution in [0, 0.1) is 59.4 Å². The molecule has 0 rings (SSSR count). The molecule has 0 spiro atoms. The topological polar surface area (TPSA) is 0 Å². The molecule has 0 aromatic carbocycles. The van der Waals surface area contributed by atoms with Crippen LogP contribution in [0.4, 0.5) is 0 Å². The van der Waals surface area contributed by atoms with Crippen LogP contribution < -0.4 is 0 Å². The van der Waals surface area contributed by atoms with E-state index in [4.69, 9.17) is 0 Å². The molecular formula is C8H24Ti2. The summed E-state index contributed by atoms with van der Waals surface area (Å²) in [6.07, 6.45) is 0. The normalized spacial score (nSPS) is 0. The van der Waals surface area contributed by atoms with Crippen LogP contribution in [0.25, 0.3) is 0 Å². The van der Waals surface area contributed by atoms with E-state index in [-0.39, 0.29) is 103 Å². The number of rotatable bonds is 0. The monoisotopic (exact) mass is 216 g/mol. The molecule has 0 aliphatic carbocycles. The molecule has 0 radical (unpaired) electrons. The van der Waals surface area contributed by atoms with Crippen LogP contribution in [0.15, 0.2) is 0 Å². The SMILES string of the molecule is [CH3-].[CH3-].[CH3-].[CH3-].[CH3-].[CH3-].[CH3-].[CH3-].[Ti+4].[Ti+4]. The summed E-state index contributed by atoms with van der Waals surface area (Å²) in [5.74, 6) is 0. The Bertz CT molecular complexity index is 7.22. The average Bonchev–Trinajstić information content (AvgIpc) is 0. The third-order valence-electron chi connectivity index (χ3n) is 0. The van der Waals surface area contributed by atoms with E-state index in [1.54, 1.807) is 0 Å². The van der Waals surface area contributed by atoms with Crippen molar-refractivity contribution in [2.75, 3.05) is 0 Å². The minimum Gasteiger partial charge on any atom is -0.358 e. The quantitative estimate of drug-likeness (QED) is 0.428. The van der Waals surface area contributed by atoms with Crippen molar-refractivity contribution in [2.24, 2.45) is 0 Å². The maximum Gasteiger partial charge on any atom is 4.00 e. The molecule has 0 unspecified atom stereocenters. The first-order valence-corrected chi connectivity index (χ1v) is 0. The van der Waals surface area contributed by atoms with Gasteiger partial charge in [-0.15, -0.1) is 0 Å². The van der Waals surface area contributed by atoms with E-state index >= 15 is 0 Å². The molecule has 0 aromatic heterocycles. The van der Waals surface area contributed by atoms with Crippen molar-refractivity contribution in [1.29, 1.82) is 0 Å². The van der Waals surface area contributed by atoms with Crippen LogP contribution >= 0.6 is 0 Å². The molecule has 0 aromatic rings. The Morgan fingerprint density at radius 2 is 0.200 bits per heavy atom. The summed E-state index contributed by atoms with van der Waals surface area (Å²) in [4.78, 5) is 0. The van der Waals surface area contributed by atoms with Crippen LogP contribution in [0.3, 0.4) is 0 Å². The van der Waals surface area contributed by atoms with E-state index in [1.807, 2.05) is 0 Å². The Labute approximate surface area is 102 Å². The summed E-state index contributed by atoms with van der Waals surface area (Å²) in [6.45, 7) is 0. The van der Waals surface area contributed by atoms with Gasteiger partial charge in [0.05, 0.1) is 0 Å². The fourth-order valence-electron chi connectivity index (χ4n) is 0. The molecule has 64 valence electrons. The van der Waals surface area contributed by atoms with E-state index in [2.05, 4.69) is 0 Å². The second-order valence-electron chi connectivity index (χ2n) is 0. The van der Waals surface area contributed by atoms with E-state index < -0.39 is 0 Å². The summed E-state index contributed by atoms with van der Waals surface area (Å²) >= 11 is 0. The Balaban J connectivity index is 0. The molecule has 0 aliphatic heterocycles. The molecule has 0 fully saturated rings. The first kappa shape index (κ1) is 609. The van der Waals surface area contributed by atoms with Crippen molar-refractivity contribution in [2.45, 2.75) is 0 Å². The van der Waals surface area contributed by atoms with E-state index in [1.165, 1.54) is 0 Å². The van der Waals surface area contributed by atoms with Crippen molar-refractivity contribution < 1.29 is 43.4 Å². The van der Waals surface area contributed by atoms with Gasteiger partial charge >= 0.3 is 43.4 Å². The fraction of sp³-hybridized carbons (Fsp3) is 0. The third kappa shape index (κ3) is 328. The summed E-state index contributed by atoms with van der Waals surface area (Å²) < 4.78 is 0. The van der Waals surface area contributed by atoms with Crippen LogP contribution in [0.5, 0.6) is 0 Å². The van der Waals surface area contributed by atoms with Gasteiger partial charge in [-0.3, -0.25) is 0 Å². The fourth-order valence-corrected chi connectivity index (χ4v) is 0. The zero-order chi connectivity index (χ0) is 0. The van der Waals surface area contributed by atoms with Crippen LogP contribution in [-0.2, 0) is 43.4 Å². The standard InChI is InChI=1S/8CH3.2Ti/h8*1H3;;/q8*-1;2*+4. The van der Waals surface area contributed by atoms with Gasteiger partial charge in [0.1, 0.15) is 0 Å².